The molecule has 7 nitrogen and oxygen atoms in total. The molecule has 0 aliphatic carbocycles. The molecule has 2 aromatic carbocycles. The van der Waals surface area contributed by atoms with Gasteiger partial charge in [0.2, 0.25) is 11.6 Å². The Morgan fingerprint density at radius 3 is 2.61 bits per heavy atom. The van der Waals surface area contributed by atoms with Gasteiger partial charge in [-0.1, -0.05) is 11.6 Å². The third-order valence-electron chi connectivity index (χ3n) is 6.59. The third kappa shape index (κ3) is 4.30. The zero-order valence-corrected chi connectivity index (χ0v) is 19.6. The van der Waals surface area contributed by atoms with Gasteiger partial charge in [0.05, 0.1) is 33.3 Å². The highest BCUT2D eigenvalue weighted by Gasteiger charge is 2.34. The molecule has 1 saturated heterocycles. The van der Waals surface area contributed by atoms with Gasteiger partial charge in [0.1, 0.15) is 5.82 Å². The lowest BCUT2D eigenvalue weighted by Gasteiger charge is -2.32. The molecule has 1 atom stereocenters. The van der Waals surface area contributed by atoms with Gasteiger partial charge in [0.25, 0.3) is 0 Å². The average molecular weight is 512 g/mol. The Morgan fingerprint density at radius 1 is 1.17 bits per heavy atom. The van der Waals surface area contributed by atoms with Crippen molar-refractivity contribution in [2.24, 2.45) is 4.99 Å². The number of pyridine rings is 1. The largest absolute Gasteiger partial charge is 0.618 e. The molecule has 0 saturated carbocycles. The number of carboxylic acid groups (broad SMARTS) is 1. The highest BCUT2D eigenvalue weighted by Crippen LogP contribution is 2.35. The number of rotatable bonds is 6. The number of fused-ring (bicyclic) bond motifs is 1. The molecule has 3 heterocycles. The molecular formula is C26H20ClF2N3O4. The summed E-state index contributed by atoms with van der Waals surface area (Å²) in [5.41, 5.74) is 1.70. The van der Waals surface area contributed by atoms with Gasteiger partial charge in [0, 0.05) is 37.7 Å². The fraction of sp³-hybridized carbons (Fsp3) is 0.231. The maximum Gasteiger partial charge on any atom is 0.335 e. The molecule has 1 unspecified atom stereocenters. The van der Waals surface area contributed by atoms with Crippen molar-refractivity contribution >= 4 is 34.9 Å². The summed E-state index contributed by atoms with van der Waals surface area (Å²) in [6.45, 7) is 1.29. The van der Waals surface area contributed by atoms with E-state index in [-0.39, 0.29) is 40.6 Å². The lowest BCUT2D eigenvalue weighted by Crippen LogP contribution is -2.44. The van der Waals surface area contributed by atoms with Crippen LogP contribution < -0.4 is 4.73 Å². The number of amides is 1. The number of aromatic nitrogens is 1. The van der Waals surface area contributed by atoms with Crippen LogP contribution in [0.25, 0.3) is 11.1 Å². The highest BCUT2D eigenvalue weighted by molar-refractivity contribution is 6.31. The SMILES string of the molecule is O=C(O)c1ccc2c(c1)CC(C(CC(=O)N1CCC1)c1ccc(-c3c(F)ccc(Cl)c3F)c[n+]1[O-])=N2. The molecular weight excluding hydrogens is 492 g/mol. The number of nitrogens with zero attached hydrogens (tertiary/aromatic N) is 3. The van der Waals surface area contributed by atoms with Crippen molar-refractivity contribution in [3.05, 3.63) is 87.3 Å². The van der Waals surface area contributed by atoms with E-state index in [0.29, 0.717) is 34.8 Å². The Morgan fingerprint density at radius 2 is 1.94 bits per heavy atom. The number of carbonyl (C=O) groups is 2. The Kier molecular flexibility index (Phi) is 6.17. The zero-order valence-electron chi connectivity index (χ0n) is 18.9. The van der Waals surface area contributed by atoms with Crippen LogP contribution in [0.3, 0.4) is 0 Å². The van der Waals surface area contributed by atoms with Gasteiger partial charge in [-0.3, -0.25) is 9.79 Å². The first-order valence-electron chi connectivity index (χ1n) is 11.3. The van der Waals surface area contributed by atoms with Crippen molar-refractivity contribution in [2.45, 2.75) is 25.2 Å². The van der Waals surface area contributed by atoms with Gasteiger partial charge < -0.3 is 15.2 Å². The van der Waals surface area contributed by atoms with Gasteiger partial charge >= 0.3 is 5.97 Å². The molecule has 2 aliphatic rings. The van der Waals surface area contributed by atoms with Crippen molar-refractivity contribution in [3.8, 4) is 11.1 Å². The van der Waals surface area contributed by atoms with Gasteiger partial charge in [-0.05, 0) is 48.4 Å². The second-order valence-electron chi connectivity index (χ2n) is 8.81. The fourth-order valence-corrected chi connectivity index (χ4v) is 4.68. The van der Waals surface area contributed by atoms with E-state index in [1.165, 1.54) is 24.3 Å². The second kappa shape index (κ2) is 9.31. The zero-order chi connectivity index (χ0) is 25.6. The van der Waals surface area contributed by atoms with Crippen molar-refractivity contribution in [1.29, 1.82) is 0 Å². The van der Waals surface area contributed by atoms with Crippen LogP contribution in [0.4, 0.5) is 14.5 Å². The first-order valence-corrected chi connectivity index (χ1v) is 11.7. The Labute approximate surface area is 209 Å². The van der Waals surface area contributed by atoms with E-state index in [4.69, 9.17) is 11.6 Å². The van der Waals surface area contributed by atoms with E-state index in [9.17, 15) is 28.7 Å². The smallest absolute Gasteiger partial charge is 0.335 e. The van der Waals surface area contributed by atoms with Crippen LogP contribution in [0.2, 0.25) is 5.02 Å². The molecule has 184 valence electrons. The monoisotopic (exact) mass is 511 g/mol. The third-order valence-corrected chi connectivity index (χ3v) is 6.88. The van der Waals surface area contributed by atoms with E-state index in [1.54, 1.807) is 11.0 Å². The van der Waals surface area contributed by atoms with Crippen LogP contribution in [0, 0.1) is 16.8 Å². The van der Waals surface area contributed by atoms with E-state index in [2.05, 4.69) is 4.99 Å². The van der Waals surface area contributed by atoms with Crippen LogP contribution in [0.5, 0.6) is 0 Å². The maximum absolute atomic E-state index is 14.5. The molecule has 0 bridgehead atoms. The van der Waals surface area contributed by atoms with Crippen LogP contribution in [-0.2, 0) is 11.2 Å². The number of hydrogen-bond donors (Lipinski definition) is 1. The van der Waals surface area contributed by atoms with Crippen LogP contribution in [0.1, 0.15) is 40.4 Å². The molecule has 1 N–H and O–H groups in total. The van der Waals surface area contributed by atoms with E-state index < -0.39 is 29.1 Å². The summed E-state index contributed by atoms with van der Waals surface area (Å²) >= 11 is 5.80. The topological polar surface area (TPSA) is 96.9 Å². The molecule has 10 heteroatoms. The standard InChI is InChI=1S/C26H20ClF2N3O4/c27-18-4-5-19(28)24(25(18)29)15-3-7-22(32(36)13-15)17(12-23(33)31-8-1-9-31)21-11-16-10-14(26(34)35)2-6-20(16)30-21/h2-7,10,13,17H,1,8-9,11-12H2,(H,34,35). The number of aliphatic imine (C=N–C) groups is 1. The summed E-state index contributed by atoms with van der Waals surface area (Å²) < 4.78 is 29.4. The predicted molar refractivity (Wildman–Crippen MR) is 129 cm³/mol. The van der Waals surface area contributed by atoms with Crippen molar-refractivity contribution in [3.63, 3.8) is 0 Å². The van der Waals surface area contributed by atoms with E-state index in [0.717, 1.165) is 24.8 Å². The molecule has 0 radical (unpaired) electrons. The lowest BCUT2D eigenvalue weighted by molar-refractivity contribution is -0.614. The summed E-state index contributed by atoms with van der Waals surface area (Å²) in [7, 11) is 0. The fourth-order valence-electron chi connectivity index (χ4n) is 4.52. The molecule has 2 aliphatic heterocycles. The summed E-state index contributed by atoms with van der Waals surface area (Å²) in [5.74, 6) is -3.74. The minimum atomic E-state index is -1.07. The first kappa shape index (κ1) is 23.9. The van der Waals surface area contributed by atoms with E-state index >= 15 is 0 Å². The quantitative estimate of drug-likeness (QED) is 0.296. The molecule has 3 aromatic rings. The molecule has 5 rings (SSSR count). The number of halogens is 3. The van der Waals surface area contributed by atoms with Crippen LogP contribution in [-0.4, -0.2) is 40.7 Å². The first-order chi connectivity index (χ1) is 17.2. The molecule has 36 heavy (non-hydrogen) atoms. The summed E-state index contributed by atoms with van der Waals surface area (Å²) in [5, 5.41) is 22.2. The van der Waals surface area contributed by atoms with Gasteiger partial charge in [-0.2, -0.15) is 4.73 Å². The molecule has 0 spiro atoms. The van der Waals surface area contributed by atoms with Crippen molar-refractivity contribution in [1.82, 2.24) is 4.90 Å². The van der Waals surface area contributed by atoms with E-state index in [1.807, 2.05) is 0 Å². The van der Waals surface area contributed by atoms with Gasteiger partial charge in [0.15, 0.2) is 12.0 Å². The summed E-state index contributed by atoms with van der Waals surface area (Å²) in [6.07, 6.45) is 2.22. The minimum Gasteiger partial charge on any atom is -0.618 e. The molecule has 1 amide bonds. The van der Waals surface area contributed by atoms with Gasteiger partial charge in [-0.15, -0.1) is 0 Å². The Hall–Kier alpha value is -3.85. The minimum absolute atomic E-state index is 0.00168. The maximum atomic E-state index is 14.5. The van der Waals surface area contributed by atoms with Crippen LogP contribution >= 0.6 is 11.6 Å². The lowest BCUT2D eigenvalue weighted by atomic mass is 9.90. The summed E-state index contributed by atoms with van der Waals surface area (Å²) in [4.78, 5) is 30.5. The highest BCUT2D eigenvalue weighted by atomic mass is 35.5. The van der Waals surface area contributed by atoms with Crippen molar-refractivity contribution in [2.75, 3.05) is 13.1 Å². The normalized spacial score (nSPS) is 15.2. The number of hydrogen-bond acceptors (Lipinski definition) is 4. The van der Waals surface area contributed by atoms with Gasteiger partial charge in [-0.25, -0.2) is 13.6 Å². The predicted octanol–water partition coefficient (Wildman–Crippen LogP) is 4.65. The number of carbonyl (C=O) groups excluding carboxylic acids is 1. The number of carboxylic acids is 1. The second-order valence-corrected chi connectivity index (χ2v) is 9.21. The van der Waals surface area contributed by atoms with Crippen LogP contribution in [0.15, 0.2) is 53.7 Å². The Bertz CT molecular complexity index is 1440. The molecule has 1 aromatic heterocycles. The Balaban J connectivity index is 1.52. The summed E-state index contributed by atoms with van der Waals surface area (Å²) in [6, 6.07) is 9.54. The van der Waals surface area contributed by atoms with Crippen molar-refractivity contribution < 1.29 is 28.2 Å². The number of likely N-dealkylation sites (tertiary alicyclic amines) is 1. The molecule has 1 fully saturated rings. The number of benzene rings is 2. The average Bonchev–Trinajstić information content (AvgIpc) is 3.22. The number of aromatic carboxylic acids is 1.